The van der Waals surface area contributed by atoms with Crippen molar-refractivity contribution in [1.82, 2.24) is 9.80 Å². The topological polar surface area (TPSA) is 51.2 Å². The first-order valence-electron chi connectivity index (χ1n) is 6.97. The lowest BCUT2D eigenvalue weighted by molar-refractivity contribution is 0.0516. The fraction of sp³-hybridized carbons (Fsp3) is 0.923. The van der Waals surface area contributed by atoms with Crippen LogP contribution in [-0.2, 0) is 14.2 Å². The summed E-state index contributed by atoms with van der Waals surface area (Å²) in [7, 11) is 1.60. The molecule has 6 nitrogen and oxygen atoms in total. The van der Waals surface area contributed by atoms with Crippen molar-refractivity contribution in [3.05, 3.63) is 0 Å². The molecule has 0 aromatic carbocycles. The monoisotopic (exact) mass is 292 g/mol. The molecule has 118 valence electrons. The van der Waals surface area contributed by atoms with Crippen LogP contribution in [0.2, 0.25) is 0 Å². The maximum atomic E-state index is 13.9. The zero-order valence-corrected chi connectivity index (χ0v) is 12.5. The predicted octanol–water partition coefficient (Wildman–Crippen LogP) is 1.11. The van der Waals surface area contributed by atoms with E-state index < -0.39 is 6.30 Å². The third-order valence-electron chi connectivity index (χ3n) is 3.14. The van der Waals surface area contributed by atoms with Crippen molar-refractivity contribution >= 4 is 6.03 Å². The molecule has 2 atom stereocenters. The van der Waals surface area contributed by atoms with Crippen molar-refractivity contribution in [2.45, 2.75) is 26.2 Å². The minimum absolute atomic E-state index is 0.0862. The highest BCUT2D eigenvalue weighted by Crippen LogP contribution is 2.20. The molecule has 1 saturated heterocycles. The van der Waals surface area contributed by atoms with Crippen LogP contribution in [0, 0.1) is 0 Å². The Kier molecular flexibility index (Phi) is 7.79. The Morgan fingerprint density at radius 2 is 2.10 bits per heavy atom. The second-order valence-electron chi connectivity index (χ2n) is 4.68. The molecule has 0 aromatic heterocycles. The number of hydrogen-bond acceptors (Lipinski definition) is 4. The summed E-state index contributed by atoms with van der Waals surface area (Å²) in [5, 5.41) is 0. The van der Waals surface area contributed by atoms with Crippen LogP contribution in [-0.4, -0.2) is 81.4 Å². The van der Waals surface area contributed by atoms with Gasteiger partial charge in [0, 0.05) is 20.3 Å². The van der Waals surface area contributed by atoms with Crippen LogP contribution in [0.4, 0.5) is 9.18 Å². The molecule has 0 aromatic rings. The quantitative estimate of drug-likeness (QED) is 0.447. The highest BCUT2D eigenvalue weighted by Gasteiger charge is 2.39. The standard InChI is InChI=1S/C13H25FN2O4/c1-4-19-10-11(2)16-12(14)9-15(13(16)17)5-6-20-8-7-18-3/h11-12H,4-10H2,1-3H3. The molecule has 2 amide bonds. The van der Waals surface area contributed by atoms with Crippen molar-refractivity contribution in [1.29, 1.82) is 0 Å². The van der Waals surface area contributed by atoms with E-state index in [1.54, 1.807) is 14.0 Å². The first kappa shape index (κ1) is 17.1. The number of urea groups is 1. The Morgan fingerprint density at radius 1 is 1.35 bits per heavy atom. The number of amides is 2. The predicted molar refractivity (Wildman–Crippen MR) is 72.4 cm³/mol. The zero-order chi connectivity index (χ0) is 15.0. The van der Waals surface area contributed by atoms with Gasteiger partial charge in [-0.25, -0.2) is 9.18 Å². The van der Waals surface area contributed by atoms with Gasteiger partial charge in [0.25, 0.3) is 0 Å². The molecule has 20 heavy (non-hydrogen) atoms. The summed E-state index contributed by atoms with van der Waals surface area (Å²) in [6.07, 6.45) is -1.28. The molecule has 0 radical (unpaired) electrons. The van der Waals surface area contributed by atoms with Gasteiger partial charge in [-0.2, -0.15) is 0 Å². The fourth-order valence-electron chi connectivity index (χ4n) is 2.07. The number of hydrogen-bond donors (Lipinski definition) is 0. The largest absolute Gasteiger partial charge is 0.382 e. The van der Waals surface area contributed by atoms with Crippen molar-refractivity contribution in [3.8, 4) is 0 Å². The summed E-state index contributed by atoms with van der Waals surface area (Å²) in [6, 6.07) is -0.558. The summed E-state index contributed by atoms with van der Waals surface area (Å²) in [5.74, 6) is 0. The van der Waals surface area contributed by atoms with Crippen LogP contribution in [0.25, 0.3) is 0 Å². The fourth-order valence-corrected chi connectivity index (χ4v) is 2.07. The van der Waals surface area contributed by atoms with Gasteiger partial charge >= 0.3 is 6.03 Å². The maximum Gasteiger partial charge on any atom is 0.322 e. The number of halogens is 1. The van der Waals surface area contributed by atoms with E-state index in [4.69, 9.17) is 14.2 Å². The van der Waals surface area contributed by atoms with E-state index in [1.165, 1.54) is 9.80 Å². The van der Waals surface area contributed by atoms with E-state index in [9.17, 15) is 9.18 Å². The molecular formula is C13H25FN2O4. The second-order valence-corrected chi connectivity index (χ2v) is 4.68. The number of carbonyl (C=O) groups excluding carboxylic acids is 1. The molecule has 1 aliphatic heterocycles. The van der Waals surface area contributed by atoms with Crippen molar-refractivity contribution < 1.29 is 23.4 Å². The Morgan fingerprint density at radius 3 is 2.75 bits per heavy atom. The molecule has 1 fully saturated rings. The third-order valence-corrected chi connectivity index (χ3v) is 3.14. The van der Waals surface area contributed by atoms with Gasteiger partial charge in [-0.3, -0.25) is 4.90 Å². The van der Waals surface area contributed by atoms with E-state index in [-0.39, 0.29) is 18.6 Å². The summed E-state index contributed by atoms with van der Waals surface area (Å²) >= 11 is 0. The summed E-state index contributed by atoms with van der Waals surface area (Å²) in [5.41, 5.74) is 0. The minimum Gasteiger partial charge on any atom is -0.382 e. The molecule has 7 heteroatoms. The average molecular weight is 292 g/mol. The van der Waals surface area contributed by atoms with Crippen molar-refractivity contribution in [2.75, 3.05) is 53.2 Å². The van der Waals surface area contributed by atoms with Crippen LogP contribution in [0.3, 0.4) is 0 Å². The molecule has 1 heterocycles. The Bertz CT molecular complexity index is 294. The van der Waals surface area contributed by atoms with Crippen LogP contribution in [0.5, 0.6) is 0 Å². The molecule has 0 spiro atoms. The van der Waals surface area contributed by atoms with Gasteiger partial charge in [-0.1, -0.05) is 0 Å². The summed E-state index contributed by atoms with van der Waals surface area (Å²) in [4.78, 5) is 14.8. The lowest BCUT2D eigenvalue weighted by Crippen LogP contribution is -2.43. The van der Waals surface area contributed by atoms with Gasteiger partial charge in [0.15, 0.2) is 6.30 Å². The molecule has 1 aliphatic rings. The molecular weight excluding hydrogens is 267 g/mol. The lowest BCUT2D eigenvalue weighted by atomic mass is 10.3. The number of ether oxygens (including phenoxy) is 3. The number of nitrogens with zero attached hydrogens (tertiary/aromatic N) is 2. The highest BCUT2D eigenvalue weighted by molar-refractivity contribution is 5.77. The molecule has 0 saturated carbocycles. The average Bonchev–Trinajstić information content (AvgIpc) is 2.71. The molecule has 2 unspecified atom stereocenters. The van der Waals surface area contributed by atoms with Crippen LogP contribution < -0.4 is 0 Å². The van der Waals surface area contributed by atoms with E-state index in [2.05, 4.69) is 0 Å². The van der Waals surface area contributed by atoms with Gasteiger partial charge in [-0.15, -0.1) is 0 Å². The first-order valence-corrected chi connectivity index (χ1v) is 6.97. The Balaban J connectivity index is 2.35. The number of rotatable bonds is 10. The zero-order valence-electron chi connectivity index (χ0n) is 12.5. The highest BCUT2D eigenvalue weighted by atomic mass is 19.1. The lowest BCUT2D eigenvalue weighted by Gasteiger charge is -2.25. The summed E-state index contributed by atoms with van der Waals surface area (Å²) in [6.45, 7) is 6.41. The molecule has 0 N–H and O–H groups in total. The van der Waals surface area contributed by atoms with Crippen molar-refractivity contribution in [3.63, 3.8) is 0 Å². The van der Waals surface area contributed by atoms with Gasteiger partial charge in [0.2, 0.25) is 0 Å². The van der Waals surface area contributed by atoms with E-state index in [0.717, 1.165) is 0 Å². The molecule has 0 bridgehead atoms. The smallest absolute Gasteiger partial charge is 0.322 e. The summed E-state index contributed by atoms with van der Waals surface area (Å²) < 4.78 is 29.3. The van der Waals surface area contributed by atoms with Gasteiger partial charge in [-0.05, 0) is 13.8 Å². The van der Waals surface area contributed by atoms with E-state index in [0.29, 0.717) is 39.6 Å². The number of carbonyl (C=O) groups is 1. The second kappa shape index (κ2) is 9.10. The van der Waals surface area contributed by atoms with Crippen LogP contribution in [0.15, 0.2) is 0 Å². The van der Waals surface area contributed by atoms with Crippen LogP contribution in [0.1, 0.15) is 13.8 Å². The third kappa shape index (κ3) is 4.88. The van der Waals surface area contributed by atoms with Gasteiger partial charge in [0.1, 0.15) is 0 Å². The minimum atomic E-state index is -1.28. The van der Waals surface area contributed by atoms with Gasteiger partial charge < -0.3 is 19.1 Å². The normalized spacial score (nSPS) is 20.8. The molecule has 1 rings (SSSR count). The SMILES string of the molecule is CCOCC(C)N1C(=O)N(CCOCCOC)CC1F. The Hall–Kier alpha value is -0.920. The maximum absolute atomic E-state index is 13.9. The molecule has 0 aliphatic carbocycles. The van der Waals surface area contributed by atoms with E-state index >= 15 is 0 Å². The number of alkyl halides is 1. The van der Waals surface area contributed by atoms with Gasteiger partial charge in [0.05, 0.1) is 39.0 Å². The Labute approximate surface area is 119 Å². The number of methoxy groups -OCH3 is 1. The van der Waals surface area contributed by atoms with Crippen molar-refractivity contribution in [2.24, 2.45) is 0 Å². The first-order chi connectivity index (χ1) is 9.61. The van der Waals surface area contributed by atoms with Crippen LogP contribution >= 0.6 is 0 Å². The van der Waals surface area contributed by atoms with E-state index in [1.807, 2.05) is 6.92 Å².